The van der Waals surface area contributed by atoms with Crippen LogP contribution in [0.2, 0.25) is 10.0 Å². The second-order valence-electron chi connectivity index (χ2n) is 5.35. The highest BCUT2D eigenvalue weighted by Crippen LogP contribution is 2.32. The predicted octanol–water partition coefficient (Wildman–Crippen LogP) is 4.60. The molecule has 0 saturated heterocycles. The maximum atomic E-state index is 9.49. The van der Waals surface area contributed by atoms with Crippen LogP contribution in [0, 0.1) is 11.3 Å². The highest BCUT2D eigenvalue weighted by molar-refractivity contribution is 6.42. The normalized spacial score (nSPS) is 10.3. The molecule has 1 aromatic heterocycles. The number of nitrogens with one attached hydrogen (secondary N) is 1. The SMILES string of the molecule is COc1ccc(-c2cc(-c3ccc(Cl)c(Cl)c3)[nH+]c(N)c2C#N)cc1. The second-order valence-corrected chi connectivity index (χ2v) is 6.17. The molecule has 0 aliphatic heterocycles. The van der Waals surface area contributed by atoms with Crippen LogP contribution in [0.15, 0.2) is 48.5 Å². The predicted molar refractivity (Wildman–Crippen MR) is 99.6 cm³/mol. The van der Waals surface area contributed by atoms with Crippen molar-refractivity contribution in [3.05, 3.63) is 64.1 Å². The Morgan fingerprint density at radius 1 is 1.00 bits per heavy atom. The summed E-state index contributed by atoms with van der Waals surface area (Å²) in [5, 5.41) is 10.4. The number of ether oxygens (including phenoxy) is 1. The Balaban J connectivity index is 2.18. The van der Waals surface area contributed by atoms with Gasteiger partial charge in [-0.25, -0.2) is 4.98 Å². The minimum atomic E-state index is 0.289. The molecule has 124 valence electrons. The first-order chi connectivity index (χ1) is 12.0. The van der Waals surface area contributed by atoms with Crippen molar-refractivity contribution in [2.75, 3.05) is 12.8 Å². The van der Waals surface area contributed by atoms with Crippen LogP contribution in [0.25, 0.3) is 22.4 Å². The molecule has 0 saturated carbocycles. The lowest BCUT2D eigenvalue weighted by Crippen LogP contribution is -2.16. The third-order valence-electron chi connectivity index (χ3n) is 3.84. The number of nitrogens with two attached hydrogens (primary N) is 1. The summed E-state index contributed by atoms with van der Waals surface area (Å²) in [6.45, 7) is 0. The van der Waals surface area contributed by atoms with Gasteiger partial charge in [0.1, 0.15) is 23.1 Å². The number of nitriles is 1. The molecule has 3 rings (SSSR count). The maximum Gasteiger partial charge on any atom is 0.289 e. The minimum Gasteiger partial charge on any atom is -0.497 e. The van der Waals surface area contributed by atoms with Gasteiger partial charge in [-0.1, -0.05) is 35.3 Å². The van der Waals surface area contributed by atoms with Gasteiger partial charge in [-0.3, -0.25) is 5.73 Å². The number of aromatic amines is 1. The molecular weight excluding hydrogens is 357 g/mol. The zero-order valence-corrected chi connectivity index (χ0v) is 14.8. The average Bonchev–Trinajstić information content (AvgIpc) is 2.63. The number of nitrogen functional groups attached to an aromatic ring is 1. The Hall–Kier alpha value is -2.74. The summed E-state index contributed by atoms with van der Waals surface area (Å²) in [6, 6.07) is 16.8. The van der Waals surface area contributed by atoms with Crippen LogP contribution in [0.4, 0.5) is 5.82 Å². The van der Waals surface area contributed by atoms with Crippen LogP contribution in [0.5, 0.6) is 5.75 Å². The molecule has 0 aliphatic carbocycles. The molecule has 2 aromatic carbocycles. The zero-order chi connectivity index (χ0) is 18.0. The number of nitrogens with zero attached hydrogens (tertiary/aromatic N) is 1. The van der Waals surface area contributed by atoms with E-state index in [1.54, 1.807) is 19.2 Å². The topological polar surface area (TPSA) is 73.2 Å². The van der Waals surface area contributed by atoms with Crippen LogP contribution in [-0.2, 0) is 0 Å². The van der Waals surface area contributed by atoms with Gasteiger partial charge in [0.2, 0.25) is 0 Å². The highest BCUT2D eigenvalue weighted by atomic mass is 35.5. The van der Waals surface area contributed by atoms with E-state index in [0.717, 1.165) is 28.1 Å². The van der Waals surface area contributed by atoms with Crippen molar-refractivity contribution < 1.29 is 9.72 Å². The fourth-order valence-electron chi connectivity index (χ4n) is 2.54. The molecule has 0 amide bonds. The Morgan fingerprint density at radius 2 is 1.68 bits per heavy atom. The van der Waals surface area contributed by atoms with Crippen molar-refractivity contribution in [1.82, 2.24) is 0 Å². The Labute approximate surface area is 155 Å². The van der Waals surface area contributed by atoms with E-state index in [-0.39, 0.29) is 5.82 Å². The number of methoxy groups -OCH3 is 1. The van der Waals surface area contributed by atoms with Gasteiger partial charge in [0.05, 0.1) is 17.2 Å². The molecule has 0 fully saturated rings. The third kappa shape index (κ3) is 3.39. The van der Waals surface area contributed by atoms with Crippen LogP contribution in [-0.4, -0.2) is 7.11 Å². The van der Waals surface area contributed by atoms with Crippen LogP contribution in [0.3, 0.4) is 0 Å². The monoisotopic (exact) mass is 370 g/mol. The molecule has 0 bridgehead atoms. The fraction of sp³-hybridized carbons (Fsp3) is 0.0526. The van der Waals surface area contributed by atoms with E-state index in [4.69, 9.17) is 33.7 Å². The number of H-pyrrole nitrogens is 1. The van der Waals surface area contributed by atoms with Gasteiger partial charge in [0, 0.05) is 11.1 Å². The van der Waals surface area contributed by atoms with Gasteiger partial charge in [-0.15, -0.1) is 0 Å². The van der Waals surface area contributed by atoms with E-state index in [9.17, 15) is 5.26 Å². The van der Waals surface area contributed by atoms with Gasteiger partial charge in [-0.2, -0.15) is 5.26 Å². The van der Waals surface area contributed by atoms with E-state index in [2.05, 4.69) is 11.1 Å². The Morgan fingerprint density at radius 3 is 2.28 bits per heavy atom. The first-order valence-corrected chi connectivity index (χ1v) is 8.15. The van der Waals surface area contributed by atoms with Gasteiger partial charge < -0.3 is 4.74 Å². The average molecular weight is 371 g/mol. The summed E-state index contributed by atoms with van der Waals surface area (Å²) in [5.41, 5.74) is 9.59. The van der Waals surface area contributed by atoms with Crippen molar-refractivity contribution in [3.63, 3.8) is 0 Å². The standard InChI is InChI=1S/C19H13Cl2N3O/c1-25-13-5-2-11(3-6-13)14-9-18(24-19(23)15(14)10-22)12-4-7-16(20)17(21)8-12/h2-9H,1H3,(H2,23,24)/p+1. The first kappa shape index (κ1) is 17.1. The van der Waals surface area contributed by atoms with Crippen molar-refractivity contribution >= 4 is 29.0 Å². The first-order valence-electron chi connectivity index (χ1n) is 7.39. The van der Waals surface area contributed by atoms with Gasteiger partial charge in [0.15, 0.2) is 0 Å². The van der Waals surface area contributed by atoms with E-state index in [1.165, 1.54) is 0 Å². The molecule has 0 radical (unpaired) electrons. The summed E-state index contributed by atoms with van der Waals surface area (Å²) in [5.74, 6) is 1.03. The van der Waals surface area contributed by atoms with Crippen LogP contribution >= 0.6 is 23.2 Å². The van der Waals surface area contributed by atoms with E-state index in [1.807, 2.05) is 36.4 Å². The lowest BCUT2D eigenvalue weighted by molar-refractivity contribution is -0.346. The molecule has 0 unspecified atom stereocenters. The number of hydrogen-bond donors (Lipinski definition) is 1. The molecular formula is C19H14Cl2N3O+. The molecule has 0 spiro atoms. The number of hydrogen-bond acceptors (Lipinski definition) is 3. The molecule has 0 aliphatic rings. The van der Waals surface area contributed by atoms with Gasteiger partial charge in [-0.05, 0) is 42.0 Å². The van der Waals surface area contributed by atoms with E-state index < -0.39 is 0 Å². The Bertz CT molecular complexity index is 979. The fourth-order valence-corrected chi connectivity index (χ4v) is 2.84. The third-order valence-corrected chi connectivity index (χ3v) is 4.58. The molecule has 3 aromatic rings. The van der Waals surface area contributed by atoms with Crippen molar-refractivity contribution in [2.45, 2.75) is 0 Å². The minimum absolute atomic E-state index is 0.289. The van der Waals surface area contributed by atoms with Gasteiger partial charge >= 0.3 is 0 Å². The number of benzene rings is 2. The number of halogens is 2. The molecule has 0 atom stereocenters. The molecule has 4 nitrogen and oxygen atoms in total. The number of rotatable bonds is 3. The van der Waals surface area contributed by atoms with Crippen LogP contribution in [0.1, 0.15) is 5.56 Å². The molecule has 6 heteroatoms. The van der Waals surface area contributed by atoms with E-state index >= 15 is 0 Å². The van der Waals surface area contributed by atoms with E-state index in [0.29, 0.717) is 15.6 Å². The zero-order valence-electron chi connectivity index (χ0n) is 13.3. The quantitative estimate of drug-likeness (QED) is 0.731. The van der Waals surface area contributed by atoms with Gasteiger partial charge in [0.25, 0.3) is 5.82 Å². The largest absolute Gasteiger partial charge is 0.497 e. The highest BCUT2D eigenvalue weighted by Gasteiger charge is 2.17. The van der Waals surface area contributed by atoms with Crippen LogP contribution < -0.4 is 15.5 Å². The Kier molecular flexibility index (Phi) is 4.80. The molecule has 25 heavy (non-hydrogen) atoms. The maximum absolute atomic E-state index is 9.49. The molecule has 1 heterocycles. The summed E-state index contributed by atoms with van der Waals surface area (Å²) in [6.07, 6.45) is 0. The number of aromatic nitrogens is 1. The summed E-state index contributed by atoms with van der Waals surface area (Å²) < 4.78 is 5.18. The molecule has 3 N–H and O–H groups in total. The number of pyridine rings is 1. The lowest BCUT2D eigenvalue weighted by Gasteiger charge is -2.09. The van der Waals surface area contributed by atoms with Crippen molar-refractivity contribution in [2.24, 2.45) is 0 Å². The summed E-state index contributed by atoms with van der Waals surface area (Å²) in [7, 11) is 1.60. The van der Waals surface area contributed by atoms with Crippen molar-refractivity contribution in [1.29, 1.82) is 5.26 Å². The number of anilines is 1. The van der Waals surface area contributed by atoms with Crippen molar-refractivity contribution in [3.8, 4) is 34.2 Å². The summed E-state index contributed by atoms with van der Waals surface area (Å²) in [4.78, 5) is 3.05. The smallest absolute Gasteiger partial charge is 0.289 e. The second kappa shape index (κ2) is 7.02. The lowest BCUT2D eigenvalue weighted by atomic mass is 9.98. The summed E-state index contributed by atoms with van der Waals surface area (Å²) >= 11 is 12.1.